The molecule has 0 amide bonds. The van der Waals surface area contributed by atoms with Crippen molar-refractivity contribution in [1.82, 2.24) is 10.3 Å². The zero-order chi connectivity index (χ0) is 15.0. The van der Waals surface area contributed by atoms with Crippen molar-refractivity contribution in [2.24, 2.45) is 10.9 Å². The van der Waals surface area contributed by atoms with Gasteiger partial charge in [-0.25, -0.2) is 0 Å². The summed E-state index contributed by atoms with van der Waals surface area (Å²) in [6, 6.07) is 3.76. The topological polar surface area (TPSA) is 83.5 Å². The first-order valence-electron chi connectivity index (χ1n) is 6.79. The molecule has 0 spiro atoms. The van der Waals surface area contributed by atoms with Crippen molar-refractivity contribution in [3.8, 4) is 0 Å². The van der Waals surface area contributed by atoms with Gasteiger partial charge in [0.15, 0.2) is 5.84 Å². The Morgan fingerprint density at radius 1 is 1.50 bits per heavy atom. The van der Waals surface area contributed by atoms with Gasteiger partial charge in [-0.2, -0.15) is 11.8 Å². The minimum Gasteiger partial charge on any atom is -0.409 e. The molecule has 0 radical (unpaired) electrons. The van der Waals surface area contributed by atoms with Crippen molar-refractivity contribution in [3.63, 3.8) is 0 Å². The molecule has 1 rings (SSSR count). The first-order chi connectivity index (χ1) is 9.60. The molecule has 1 aromatic heterocycles. The smallest absolute Gasteiger partial charge is 0.188 e. The Labute approximate surface area is 125 Å². The van der Waals surface area contributed by atoms with E-state index in [1.807, 2.05) is 23.9 Å². The number of nitrogens with zero attached hydrogens (tertiary/aromatic N) is 2. The Morgan fingerprint density at radius 2 is 2.20 bits per heavy atom. The van der Waals surface area contributed by atoms with E-state index in [9.17, 15) is 0 Å². The number of oxime groups is 1. The summed E-state index contributed by atoms with van der Waals surface area (Å²) in [5.74, 6) is 0.0347. The lowest BCUT2D eigenvalue weighted by atomic mass is 10.0. The van der Waals surface area contributed by atoms with Crippen LogP contribution in [0.5, 0.6) is 0 Å². The van der Waals surface area contributed by atoms with Crippen LogP contribution < -0.4 is 11.1 Å². The normalized spacial score (nSPS) is 12.7. The number of rotatable bonds is 8. The number of hydrogen-bond donors (Lipinski definition) is 3. The van der Waals surface area contributed by atoms with Gasteiger partial charge in [0.1, 0.15) is 5.69 Å². The molecule has 6 heteroatoms. The molecule has 0 aliphatic heterocycles. The summed E-state index contributed by atoms with van der Waals surface area (Å²) < 4.78 is 0.293. The summed E-state index contributed by atoms with van der Waals surface area (Å²) in [5, 5.41) is 15.1. The number of hydrogen-bond acceptors (Lipinski definition) is 5. The molecule has 4 N–H and O–H groups in total. The Hall–Kier alpha value is -1.27. The van der Waals surface area contributed by atoms with Gasteiger partial charge in [0.05, 0.1) is 0 Å². The van der Waals surface area contributed by atoms with Gasteiger partial charge in [0, 0.05) is 24.0 Å². The Balaban J connectivity index is 2.62. The molecule has 0 aliphatic rings. The fraction of sp³-hybridized carbons (Fsp3) is 0.571. The van der Waals surface area contributed by atoms with E-state index in [4.69, 9.17) is 10.9 Å². The van der Waals surface area contributed by atoms with Crippen LogP contribution in [0.4, 0.5) is 0 Å². The van der Waals surface area contributed by atoms with Crippen molar-refractivity contribution in [2.75, 3.05) is 12.8 Å². The molecule has 0 saturated carbocycles. The molecule has 0 fully saturated rings. The van der Waals surface area contributed by atoms with Crippen LogP contribution in [0.25, 0.3) is 0 Å². The number of nitrogens with one attached hydrogen (secondary N) is 1. The van der Waals surface area contributed by atoms with Gasteiger partial charge >= 0.3 is 0 Å². The predicted molar refractivity (Wildman–Crippen MR) is 85.3 cm³/mol. The minimum atomic E-state index is 0.0347. The highest BCUT2D eigenvalue weighted by Gasteiger charge is 2.23. The lowest BCUT2D eigenvalue weighted by molar-refractivity contribution is 0.318. The van der Waals surface area contributed by atoms with E-state index in [1.54, 1.807) is 6.20 Å². The fourth-order valence-electron chi connectivity index (χ4n) is 2.07. The van der Waals surface area contributed by atoms with Gasteiger partial charge in [0.2, 0.25) is 0 Å². The lowest BCUT2D eigenvalue weighted by Crippen LogP contribution is -2.36. The lowest BCUT2D eigenvalue weighted by Gasteiger charge is -2.30. The second-order valence-electron chi connectivity index (χ2n) is 4.73. The van der Waals surface area contributed by atoms with Crippen molar-refractivity contribution in [1.29, 1.82) is 0 Å². The third-order valence-electron chi connectivity index (χ3n) is 3.69. The molecule has 0 aromatic carbocycles. The largest absolute Gasteiger partial charge is 0.409 e. The minimum absolute atomic E-state index is 0.0347. The first-order valence-corrected chi connectivity index (χ1v) is 8.02. The standard InChI is InChI=1S/C14H24N4OS/c1-4-14(5-2,20-3)10-16-9-11-6-7-17-12(8-11)13(15)18-19/h6-8,16,19H,4-5,9-10H2,1-3H3,(H2,15,18). The SMILES string of the molecule is CCC(CC)(CNCc1ccnc(/C(N)=N/O)c1)SC. The molecular weight excluding hydrogens is 272 g/mol. The van der Waals surface area contributed by atoms with E-state index in [0.717, 1.165) is 31.5 Å². The van der Waals surface area contributed by atoms with Crippen LogP contribution in [-0.4, -0.2) is 33.6 Å². The number of thioether (sulfide) groups is 1. The maximum atomic E-state index is 8.66. The number of pyridine rings is 1. The zero-order valence-electron chi connectivity index (χ0n) is 12.4. The van der Waals surface area contributed by atoms with E-state index in [0.29, 0.717) is 10.4 Å². The molecule has 0 unspecified atom stereocenters. The van der Waals surface area contributed by atoms with Gasteiger partial charge < -0.3 is 16.3 Å². The second-order valence-corrected chi connectivity index (χ2v) is 6.01. The molecule has 0 atom stereocenters. The summed E-state index contributed by atoms with van der Waals surface area (Å²) in [5.41, 5.74) is 7.11. The van der Waals surface area contributed by atoms with Crippen LogP contribution >= 0.6 is 11.8 Å². The van der Waals surface area contributed by atoms with Crippen molar-refractivity contribution >= 4 is 17.6 Å². The summed E-state index contributed by atoms with van der Waals surface area (Å²) >= 11 is 1.92. The molecule has 0 aliphatic carbocycles. The summed E-state index contributed by atoms with van der Waals surface area (Å²) in [6.45, 7) is 6.16. The maximum absolute atomic E-state index is 8.66. The van der Waals surface area contributed by atoms with Crippen LogP contribution in [0.15, 0.2) is 23.5 Å². The first kappa shape index (κ1) is 16.8. The van der Waals surface area contributed by atoms with Gasteiger partial charge in [-0.3, -0.25) is 4.98 Å². The molecule has 0 saturated heterocycles. The van der Waals surface area contributed by atoms with Gasteiger partial charge in [-0.05, 0) is 36.8 Å². The predicted octanol–water partition coefficient (Wildman–Crippen LogP) is 2.19. The van der Waals surface area contributed by atoms with Gasteiger partial charge in [0.25, 0.3) is 0 Å². The van der Waals surface area contributed by atoms with Gasteiger partial charge in [-0.15, -0.1) is 0 Å². The Kier molecular flexibility index (Phi) is 6.81. The van der Waals surface area contributed by atoms with Crippen LogP contribution in [0.2, 0.25) is 0 Å². The molecule has 112 valence electrons. The monoisotopic (exact) mass is 296 g/mol. The second kappa shape index (κ2) is 8.11. The van der Waals surface area contributed by atoms with Crippen LogP contribution in [0.3, 0.4) is 0 Å². The third kappa shape index (κ3) is 4.38. The highest BCUT2D eigenvalue weighted by molar-refractivity contribution is 8.00. The van der Waals surface area contributed by atoms with Gasteiger partial charge in [-0.1, -0.05) is 19.0 Å². The highest BCUT2D eigenvalue weighted by atomic mass is 32.2. The number of aromatic nitrogens is 1. The molecule has 1 aromatic rings. The molecule has 0 bridgehead atoms. The zero-order valence-corrected chi connectivity index (χ0v) is 13.2. The van der Waals surface area contributed by atoms with E-state index >= 15 is 0 Å². The number of nitrogens with two attached hydrogens (primary N) is 1. The van der Waals surface area contributed by atoms with Crippen molar-refractivity contribution in [3.05, 3.63) is 29.6 Å². The summed E-state index contributed by atoms with van der Waals surface area (Å²) in [7, 11) is 0. The molecular formula is C14H24N4OS. The Morgan fingerprint density at radius 3 is 2.75 bits per heavy atom. The van der Waals surface area contributed by atoms with Crippen LogP contribution in [-0.2, 0) is 6.54 Å². The maximum Gasteiger partial charge on any atom is 0.188 e. The average Bonchev–Trinajstić information content (AvgIpc) is 2.51. The highest BCUT2D eigenvalue weighted by Crippen LogP contribution is 2.29. The van der Waals surface area contributed by atoms with E-state index in [2.05, 4.69) is 35.6 Å². The average molecular weight is 296 g/mol. The quantitative estimate of drug-likeness (QED) is 0.296. The van der Waals surface area contributed by atoms with Crippen LogP contribution in [0.1, 0.15) is 37.9 Å². The Bertz CT molecular complexity index is 438. The summed E-state index contributed by atoms with van der Waals surface area (Å²) in [4.78, 5) is 4.07. The number of amidine groups is 1. The third-order valence-corrected chi connectivity index (χ3v) is 5.28. The van der Waals surface area contributed by atoms with E-state index < -0.39 is 0 Å². The van der Waals surface area contributed by atoms with E-state index in [1.165, 1.54) is 0 Å². The van der Waals surface area contributed by atoms with Crippen molar-refractivity contribution < 1.29 is 5.21 Å². The fourth-order valence-corrected chi connectivity index (χ4v) is 2.89. The van der Waals surface area contributed by atoms with E-state index in [-0.39, 0.29) is 5.84 Å². The van der Waals surface area contributed by atoms with Crippen molar-refractivity contribution in [2.45, 2.75) is 38.0 Å². The summed E-state index contributed by atoms with van der Waals surface area (Å²) in [6.07, 6.45) is 6.12. The molecule has 20 heavy (non-hydrogen) atoms. The molecule has 5 nitrogen and oxygen atoms in total. The molecule has 1 heterocycles. The van der Waals surface area contributed by atoms with Crippen LogP contribution in [0, 0.1) is 0 Å².